The van der Waals surface area contributed by atoms with Crippen LogP contribution in [0.15, 0.2) is 18.3 Å². The number of aromatic nitrogens is 1. The fourth-order valence-corrected chi connectivity index (χ4v) is 3.25. The van der Waals surface area contributed by atoms with E-state index in [0.717, 1.165) is 17.9 Å². The van der Waals surface area contributed by atoms with E-state index in [9.17, 15) is 9.90 Å². The van der Waals surface area contributed by atoms with Crippen molar-refractivity contribution in [2.24, 2.45) is 0 Å². The summed E-state index contributed by atoms with van der Waals surface area (Å²) in [5, 5.41) is 9.19. The number of hydrogen-bond donors (Lipinski definition) is 1. The Hall–Kier alpha value is -1.27. The van der Waals surface area contributed by atoms with Crippen LogP contribution in [-0.4, -0.2) is 57.7 Å². The molecule has 1 unspecified atom stereocenters. The van der Waals surface area contributed by atoms with Crippen molar-refractivity contribution >= 4 is 17.7 Å². The highest BCUT2D eigenvalue weighted by atomic mass is 32.2. The third kappa shape index (κ3) is 2.84. The molecule has 1 atom stereocenters. The van der Waals surface area contributed by atoms with Crippen LogP contribution in [0.1, 0.15) is 16.8 Å². The standard InChI is InChI=1S/C13H16N2O3S/c16-10-6-15(7-10)13(17)9-1-2-12(14-5-9)18-11-3-4-19-8-11/h1-2,5,10-11,16H,3-4,6-8H2. The van der Waals surface area contributed by atoms with Gasteiger partial charge >= 0.3 is 0 Å². The van der Waals surface area contributed by atoms with Gasteiger partial charge in [0, 0.05) is 31.1 Å². The molecule has 2 saturated heterocycles. The van der Waals surface area contributed by atoms with Crippen molar-refractivity contribution in [1.82, 2.24) is 9.88 Å². The number of pyridine rings is 1. The largest absolute Gasteiger partial charge is 0.473 e. The summed E-state index contributed by atoms with van der Waals surface area (Å²) in [6, 6.07) is 3.48. The van der Waals surface area contributed by atoms with Crippen LogP contribution in [0.5, 0.6) is 5.88 Å². The molecule has 0 saturated carbocycles. The summed E-state index contributed by atoms with van der Waals surface area (Å²) < 4.78 is 5.73. The van der Waals surface area contributed by atoms with Gasteiger partial charge < -0.3 is 14.7 Å². The molecule has 0 radical (unpaired) electrons. The summed E-state index contributed by atoms with van der Waals surface area (Å²) in [4.78, 5) is 17.7. The lowest BCUT2D eigenvalue weighted by molar-refractivity contribution is 0.00586. The van der Waals surface area contributed by atoms with Gasteiger partial charge in [0.15, 0.2) is 0 Å². The molecule has 1 amide bonds. The molecular formula is C13H16N2O3S. The van der Waals surface area contributed by atoms with Crippen LogP contribution >= 0.6 is 11.8 Å². The maximum atomic E-state index is 12.0. The van der Waals surface area contributed by atoms with Crippen molar-refractivity contribution in [2.45, 2.75) is 18.6 Å². The van der Waals surface area contributed by atoms with E-state index in [0.29, 0.717) is 24.5 Å². The van der Waals surface area contributed by atoms with Crippen LogP contribution in [0.4, 0.5) is 0 Å². The van der Waals surface area contributed by atoms with E-state index >= 15 is 0 Å². The van der Waals surface area contributed by atoms with Crippen LogP contribution in [0.3, 0.4) is 0 Å². The number of aliphatic hydroxyl groups excluding tert-OH is 1. The van der Waals surface area contributed by atoms with E-state index < -0.39 is 0 Å². The summed E-state index contributed by atoms with van der Waals surface area (Å²) >= 11 is 1.89. The molecular weight excluding hydrogens is 264 g/mol. The van der Waals surface area contributed by atoms with Crippen molar-refractivity contribution in [3.8, 4) is 5.88 Å². The Kier molecular flexibility index (Phi) is 3.61. The predicted molar refractivity (Wildman–Crippen MR) is 72.5 cm³/mol. The average molecular weight is 280 g/mol. The SMILES string of the molecule is O=C(c1ccc(OC2CCSC2)nc1)N1CC(O)C1. The second kappa shape index (κ2) is 5.38. The highest BCUT2D eigenvalue weighted by Gasteiger charge is 2.29. The molecule has 6 heteroatoms. The number of amides is 1. The van der Waals surface area contributed by atoms with Gasteiger partial charge in [-0.15, -0.1) is 0 Å². The molecule has 2 fully saturated rings. The molecule has 0 aliphatic carbocycles. The molecule has 0 aromatic carbocycles. The van der Waals surface area contributed by atoms with Gasteiger partial charge in [0.1, 0.15) is 6.10 Å². The second-order valence-corrected chi connectivity index (χ2v) is 6.00. The van der Waals surface area contributed by atoms with E-state index in [1.54, 1.807) is 23.2 Å². The van der Waals surface area contributed by atoms with Gasteiger partial charge in [0.25, 0.3) is 5.91 Å². The number of aliphatic hydroxyl groups is 1. The van der Waals surface area contributed by atoms with Gasteiger partial charge in [-0.3, -0.25) is 4.79 Å². The van der Waals surface area contributed by atoms with Crippen molar-refractivity contribution in [2.75, 3.05) is 24.6 Å². The number of β-amino-alcohol motifs (C(OH)–C–C–N with tert-alkyl or cyclic N) is 1. The minimum absolute atomic E-state index is 0.0826. The van der Waals surface area contributed by atoms with Crippen LogP contribution in [0, 0.1) is 0 Å². The summed E-state index contributed by atoms with van der Waals surface area (Å²) in [6.07, 6.45) is 2.47. The first-order valence-corrected chi connectivity index (χ1v) is 7.55. The zero-order valence-corrected chi connectivity index (χ0v) is 11.3. The van der Waals surface area contributed by atoms with Gasteiger partial charge in [-0.25, -0.2) is 4.98 Å². The number of rotatable bonds is 3. The van der Waals surface area contributed by atoms with Gasteiger partial charge in [-0.1, -0.05) is 0 Å². The van der Waals surface area contributed by atoms with E-state index in [-0.39, 0.29) is 18.1 Å². The molecule has 1 N–H and O–H groups in total. The molecule has 2 aliphatic rings. The molecule has 102 valence electrons. The Morgan fingerprint density at radius 1 is 1.47 bits per heavy atom. The third-order valence-electron chi connectivity index (χ3n) is 3.31. The zero-order chi connectivity index (χ0) is 13.2. The molecule has 0 spiro atoms. The number of nitrogens with zero attached hydrogens (tertiary/aromatic N) is 2. The number of carbonyl (C=O) groups is 1. The fourth-order valence-electron chi connectivity index (χ4n) is 2.16. The molecule has 3 heterocycles. The number of ether oxygens (including phenoxy) is 1. The van der Waals surface area contributed by atoms with Gasteiger partial charge in [-0.2, -0.15) is 11.8 Å². The summed E-state index contributed by atoms with van der Waals surface area (Å²) in [7, 11) is 0. The normalized spacial score (nSPS) is 23.2. The Balaban J connectivity index is 1.60. The van der Waals surface area contributed by atoms with Crippen LogP contribution in [0.25, 0.3) is 0 Å². The molecule has 5 nitrogen and oxygen atoms in total. The highest BCUT2D eigenvalue weighted by Crippen LogP contribution is 2.22. The lowest BCUT2D eigenvalue weighted by Gasteiger charge is -2.35. The second-order valence-electron chi connectivity index (χ2n) is 4.85. The molecule has 2 aliphatic heterocycles. The maximum absolute atomic E-state index is 12.0. The molecule has 1 aromatic rings. The molecule has 1 aromatic heterocycles. The van der Waals surface area contributed by atoms with Crippen molar-refractivity contribution in [3.63, 3.8) is 0 Å². The Labute approximate surface area is 116 Å². The topological polar surface area (TPSA) is 62.7 Å². The number of likely N-dealkylation sites (tertiary alicyclic amines) is 1. The third-order valence-corrected chi connectivity index (χ3v) is 4.44. The molecule has 19 heavy (non-hydrogen) atoms. The van der Waals surface area contributed by atoms with Gasteiger partial charge in [0.05, 0.1) is 11.7 Å². The van der Waals surface area contributed by atoms with Crippen molar-refractivity contribution in [1.29, 1.82) is 0 Å². The first kappa shape index (κ1) is 12.7. The van der Waals surface area contributed by atoms with Crippen LogP contribution in [0.2, 0.25) is 0 Å². The lowest BCUT2D eigenvalue weighted by Crippen LogP contribution is -2.53. The maximum Gasteiger partial charge on any atom is 0.255 e. The van der Waals surface area contributed by atoms with E-state index in [1.165, 1.54) is 0 Å². The summed E-state index contributed by atoms with van der Waals surface area (Å²) in [5.41, 5.74) is 0.542. The zero-order valence-electron chi connectivity index (χ0n) is 10.5. The van der Waals surface area contributed by atoms with Crippen molar-refractivity contribution in [3.05, 3.63) is 23.9 Å². The number of hydrogen-bond acceptors (Lipinski definition) is 5. The highest BCUT2D eigenvalue weighted by molar-refractivity contribution is 7.99. The molecule has 3 rings (SSSR count). The van der Waals surface area contributed by atoms with Crippen LogP contribution in [-0.2, 0) is 0 Å². The van der Waals surface area contributed by atoms with E-state index in [2.05, 4.69) is 4.98 Å². The summed E-state index contributed by atoms with van der Waals surface area (Å²) in [6.45, 7) is 0.826. The Bertz CT molecular complexity index is 453. The fraction of sp³-hybridized carbons (Fsp3) is 0.538. The van der Waals surface area contributed by atoms with Crippen LogP contribution < -0.4 is 4.74 Å². The molecule has 0 bridgehead atoms. The van der Waals surface area contributed by atoms with Gasteiger partial charge in [0.2, 0.25) is 5.88 Å². The smallest absolute Gasteiger partial charge is 0.255 e. The van der Waals surface area contributed by atoms with Crippen molar-refractivity contribution < 1.29 is 14.6 Å². The Morgan fingerprint density at radius 3 is 2.89 bits per heavy atom. The van der Waals surface area contributed by atoms with E-state index in [1.807, 2.05) is 11.8 Å². The average Bonchev–Trinajstić information content (AvgIpc) is 2.88. The summed E-state index contributed by atoms with van der Waals surface area (Å²) in [5.74, 6) is 2.64. The predicted octanol–water partition coefficient (Wildman–Crippen LogP) is 0.783. The van der Waals surface area contributed by atoms with Gasteiger partial charge in [-0.05, 0) is 18.2 Å². The number of thioether (sulfide) groups is 1. The number of carbonyl (C=O) groups excluding carboxylic acids is 1. The minimum atomic E-state index is -0.376. The van der Waals surface area contributed by atoms with E-state index in [4.69, 9.17) is 4.74 Å². The minimum Gasteiger partial charge on any atom is -0.473 e. The first-order valence-electron chi connectivity index (χ1n) is 6.40. The monoisotopic (exact) mass is 280 g/mol. The Morgan fingerprint density at radius 2 is 2.32 bits per heavy atom. The quantitative estimate of drug-likeness (QED) is 0.886. The first-order chi connectivity index (χ1) is 9.22. The lowest BCUT2D eigenvalue weighted by atomic mass is 10.1.